The number of carbonyl (C=O) groups is 1. The van der Waals surface area contributed by atoms with Crippen LogP contribution in [-0.4, -0.2) is 5.91 Å². The zero-order chi connectivity index (χ0) is 4.99. The van der Waals surface area contributed by atoms with E-state index in [1.54, 1.807) is 0 Å². The number of amides is 1. The van der Waals surface area contributed by atoms with Crippen molar-refractivity contribution in [3.63, 3.8) is 0 Å². The van der Waals surface area contributed by atoms with Gasteiger partial charge in [-0.1, -0.05) is 0 Å². The van der Waals surface area contributed by atoms with Gasteiger partial charge in [-0.3, -0.25) is 11.8 Å². The van der Waals surface area contributed by atoms with E-state index in [1.807, 2.05) is 0 Å². The van der Waals surface area contributed by atoms with Crippen LogP contribution >= 0.6 is 0 Å². The van der Waals surface area contributed by atoms with Crippen molar-refractivity contribution >= 4 is 5.91 Å². The first-order valence-electron chi connectivity index (χ1n) is 1.56. The largest absolute Gasteiger partial charge is 1.00 e. The maximum absolute atomic E-state index is 9.83. The molecule has 3 nitrogen and oxygen atoms in total. The van der Waals surface area contributed by atoms with Crippen LogP contribution in [0.4, 0.5) is 0 Å². The van der Waals surface area contributed by atoms with E-state index >= 15 is 0 Å². The Morgan fingerprint density at radius 3 is 2.14 bits per heavy atom. The van der Waals surface area contributed by atoms with Gasteiger partial charge < -0.3 is 10.9 Å². The minimum absolute atomic E-state index is 0. The van der Waals surface area contributed by atoms with E-state index in [-0.39, 0.29) is 64.1 Å². The maximum atomic E-state index is 9.83. The summed E-state index contributed by atoms with van der Waals surface area (Å²) in [6, 6.07) is 0. The number of carbonyl (C=O) groups excluding carboxylic acids is 1. The van der Waals surface area contributed by atoms with Crippen LogP contribution in [0.1, 0.15) is 6.92 Å². The third-order valence-corrected chi connectivity index (χ3v) is 0.264. The summed E-state index contributed by atoms with van der Waals surface area (Å²) >= 11 is 0. The Hall–Kier alpha value is 1.24. The summed E-state index contributed by atoms with van der Waals surface area (Å²) in [5, 5.41) is 0. The van der Waals surface area contributed by atoms with Gasteiger partial charge in [0.25, 0.3) is 0 Å². The van der Waals surface area contributed by atoms with Crippen molar-refractivity contribution in [2.75, 3.05) is 0 Å². The van der Waals surface area contributed by atoms with Crippen LogP contribution in [-0.2, 0) is 4.79 Å². The summed E-state index contributed by atoms with van der Waals surface area (Å²) in [5.41, 5.74) is 4.43. The van der Waals surface area contributed by atoms with E-state index in [0.717, 1.165) is 0 Å². The number of nitrogens with one attached hydrogen (secondary N) is 2. The molecule has 0 atom stereocenters. The summed E-state index contributed by atoms with van der Waals surface area (Å²) in [6.07, 6.45) is 0. The van der Waals surface area contributed by atoms with Crippen molar-refractivity contribution in [2.24, 2.45) is 0 Å². The average Bonchev–Trinajstić information content (AvgIpc) is 1.35. The van der Waals surface area contributed by atoms with E-state index in [1.165, 1.54) is 6.92 Å². The first kappa shape index (κ1) is 11.1. The molecular weight excluding hydrogens is 166 g/mol. The van der Waals surface area contributed by atoms with E-state index in [9.17, 15) is 4.79 Å². The molecule has 0 aliphatic carbocycles. The van der Waals surface area contributed by atoms with Gasteiger partial charge in [0, 0.05) is 6.92 Å². The van der Waals surface area contributed by atoms with E-state index in [0.29, 0.717) is 0 Å². The van der Waals surface area contributed by atoms with Crippen LogP contribution in [0.2, 0.25) is 0 Å². The van der Waals surface area contributed by atoms with Crippen molar-refractivity contribution in [3.8, 4) is 0 Å². The third-order valence-electron chi connectivity index (χ3n) is 0.264. The zero-order valence-electron chi connectivity index (χ0n) is 4.62. The maximum Gasteiger partial charge on any atom is 1.00 e. The van der Waals surface area contributed by atoms with Gasteiger partial charge in [0.05, 0.1) is 0 Å². The van der Waals surface area contributed by atoms with Crippen molar-refractivity contribution in [1.82, 2.24) is 10.9 Å². The van der Waals surface area contributed by atoms with E-state index in [4.69, 9.17) is 0 Å². The molecule has 0 aromatic rings. The summed E-state index contributed by atoms with van der Waals surface area (Å²) in [7, 11) is 3.14. The van der Waals surface area contributed by atoms with Crippen molar-refractivity contribution in [2.45, 2.75) is 6.92 Å². The SMILES string of the molecule is [CH2-]NNC(C)=O.[Rb+]. The summed E-state index contributed by atoms with van der Waals surface area (Å²) < 4.78 is 0. The number of hydrogen-bond donors (Lipinski definition) is 2. The molecule has 0 saturated heterocycles. The van der Waals surface area contributed by atoms with E-state index in [2.05, 4.69) is 17.9 Å². The van der Waals surface area contributed by atoms with Crippen LogP contribution in [0.25, 0.3) is 0 Å². The molecule has 0 radical (unpaired) electrons. The molecule has 0 rings (SSSR count). The molecule has 0 aliphatic heterocycles. The molecule has 0 unspecified atom stereocenters. The molecule has 0 saturated carbocycles. The second-order valence-electron chi connectivity index (χ2n) is 0.858. The Morgan fingerprint density at radius 1 is 1.71 bits per heavy atom. The van der Waals surface area contributed by atoms with Gasteiger partial charge in [0.2, 0.25) is 5.91 Å². The van der Waals surface area contributed by atoms with Crippen LogP contribution in [0, 0.1) is 7.05 Å². The molecule has 1 amide bonds. The van der Waals surface area contributed by atoms with Gasteiger partial charge >= 0.3 is 58.2 Å². The van der Waals surface area contributed by atoms with Gasteiger partial charge in [-0.25, -0.2) is 0 Å². The van der Waals surface area contributed by atoms with E-state index < -0.39 is 0 Å². The van der Waals surface area contributed by atoms with Gasteiger partial charge in [-0.2, -0.15) is 0 Å². The van der Waals surface area contributed by atoms with Crippen molar-refractivity contribution in [3.05, 3.63) is 7.05 Å². The molecule has 4 heteroatoms. The van der Waals surface area contributed by atoms with Crippen LogP contribution < -0.4 is 69.0 Å². The Balaban J connectivity index is 0. The topological polar surface area (TPSA) is 41.1 Å². The second-order valence-corrected chi connectivity index (χ2v) is 0.858. The quantitative estimate of drug-likeness (QED) is 0.317. The number of hydrazine groups is 1. The second kappa shape index (κ2) is 7.24. The normalized spacial score (nSPS) is 6.57. The van der Waals surface area contributed by atoms with Gasteiger partial charge in [-0.15, -0.1) is 0 Å². The molecular formula is C3H7N2ORb. The predicted octanol–water partition coefficient (Wildman–Crippen LogP) is -3.58. The van der Waals surface area contributed by atoms with Crippen LogP contribution in [0.5, 0.6) is 0 Å². The third kappa shape index (κ3) is 11.1. The smallest absolute Gasteiger partial charge is 0.386 e. The standard InChI is InChI=1S/C3H7N2O.Rb/c1-3(6)5-4-2;/h4H,2H2,1H3,(H,5,6);/q-1;+1. The molecule has 2 N–H and O–H groups in total. The van der Waals surface area contributed by atoms with Crippen LogP contribution in [0.15, 0.2) is 0 Å². The Bertz CT molecular complexity index is 56.9. The summed E-state index contributed by atoms with van der Waals surface area (Å²) in [6.45, 7) is 1.40. The Morgan fingerprint density at radius 2 is 2.14 bits per heavy atom. The molecule has 36 valence electrons. The molecule has 0 heterocycles. The average molecular weight is 173 g/mol. The fourth-order valence-corrected chi connectivity index (χ4v) is 0.124. The van der Waals surface area contributed by atoms with Gasteiger partial charge in [0.15, 0.2) is 0 Å². The zero-order valence-corrected chi connectivity index (χ0v) is 9.53. The number of rotatable bonds is 1. The molecule has 0 fully saturated rings. The Labute approximate surface area is 92.0 Å². The molecule has 0 aliphatic rings. The van der Waals surface area contributed by atoms with Gasteiger partial charge in [0.1, 0.15) is 0 Å². The monoisotopic (exact) mass is 172 g/mol. The molecule has 0 aromatic carbocycles. The fourth-order valence-electron chi connectivity index (χ4n) is 0.124. The number of hydrogen-bond acceptors (Lipinski definition) is 2. The minimum atomic E-state index is -0.134. The van der Waals surface area contributed by atoms with Crippen molar-refractivity contribution < 1.29 is 63.0 Å². The van der Waals surface area contributed by atoms with Gasteiger partial charge in [-0.05, 0) is 0 Å². The summed E-state index contributed by atoms with van der Waals surface area (Å²) in [5.74, 6) is -0.134. The molecule has 0 spiro atoms. The predicted molar refractivity (Wildman–Crippen MR) is 22.3 cm³/mol. The Kier molecular flexibility index (Phi) is 11.5. The first-order chi connectivity index (χ1) is 2.77. The summed E-state index contributed by atoms with van der Waals surface area (Å²) in [4.78, 5) is 9.83. The van der Waals surface area contributed by atoms with Crippen LogP contribution in [0.3, 0.4) is 0 Å². The molecule has 0 aromatic heterocycles. The minimum Gasteiger partial charge on any atom is -0.386 e. The fraction of sp³-hybridized carbons (Fsp3) is 0.333. The van der Waals surface area contributed by atoms with Crippen molar-refractivity contribution in [1.29, 1.82) is 0 Å². The first-order valence-corrected chi connectivity index (χ1v) is 1.56. The molecule has 0 bridgehead atoms. The molecule has 7 heavy (non-hydrogen) atoms.